The Balaban J connectivity index is 1.43. The maximum absolute atomic E-state index is 12.6. The fourth-order valence-electron chi connectivity index (χ4n) is 2.93. The number of ether oxygens (including phenoxy) is 2. The van der Waals surface area contributed by atoms with E-state index >= 15 is 0 Å². The Kier molecular flexibility index (Phi) is 6.04. The van der Waals surface area contributed by atoms with Crippen molar-refractivity contribution >= 4 is 15.8 Å². The van der Waals surface area contributed by atoms with E-state index in [-0.39, 0.29) is 28.7 Å². The van der Waals surface area contributed by atoms with Gasteiger partial charge in [0.05, 0.1) is 24.0 Å². The van der Waals surface area contributed by atoms with Crippen molar-refractivity contribution in [3.05, 3.63) is 84.1 Å². The number of sulfone groups is 1. The molecule has 0 bridgehead atoms. The monoisotopic (exact) mass is 454 g/mol. The summed E-state index contributed by atoms with van der Waals surface area (Å²) in [6.45, 7) is -0.304. The van der Waals surface area contributed by atoms with Crippen molar-refractivity contribution in [2.75, 3.05) is 7.11 Å². The van der Waals surface area contributed by atoms with Gasteiger partial charge in [0.25, 0.3) is 5.89 Å². The van der Waals surface area contributed by atoms with Crippen LogP contribution < -0.4 is 4.74 Å². The number of hydrogen-bond acceptors (Lipinski definition) is 9. The lowest BCUT2D eigenvalue weighted by molar-refractivity contribution is 0.0392. The highest BCUT2D eigenvalue weighted by Crippen LogP contribution is 2.23. The second-order valence-electron chi connectivity index (χ2n) is 6.67. The molecule has 32 heavy (non-hydrogen) atoms. The average Bonchev–Trinajstić information content (AvgIpc) is 3.47. The first-order valence-electron chi connectivity index (χ1n) is 9.44. The first-order chi connectivity index (χ1) is 15.5. The van der Waals surface area contributed by atoms with E-state index in [2.05, 4.69) is 10.1 Å². The zero-order chi connectivity index (χ0) is 22.6. The van der Waals surface area contributed by atoms with E-state index in [1.807, 2.05) is 0 Å². The van der Waals surface area contributed by atoms with Crippen LogP contribution in [0.25, 0.3) is 11.4 Å². The van der Waals surface area contributed by atoms with Gasteiger partial charge in [-0.15, -0.1) is 0 Å². The molecule has 2 aromatic carbocycles. The predicted molar refractivity (Wildman–Crippen MR) is 111 cm³/mol. The number of esters is 1. The zero-order valence-electron chi connectivity index (χ0n) is 16.9. The molecule has 4 rings (SSSR count). The van der Waals surface area contributed by atoms with Crippen molar-refractivity contribution in [3.63, 3.8) is 0 Å². The number of aromatic nitrogens is 2. The van der Waals surface area contributed by atoms with Crippen LogP contribution in [0.4, 0.5) is 0 Å². The summed E-state index contributed by atoms with van der Waals surface area (Å²) in [5.41, 5.74) is 0.867. The first kappa shape index (κ1) is 21.3. The van der Waals surface area contributed by atoms with Crippen LogP contribution in [0.5, 0.6) is 5.75 Å². The molecular weight excluding hydrogens is 436 g/mol. The van der Waals surface area contributed by atoms with Crippen LogP contribution in [0.15, 0.2) is 80.8 Å². The summed E-state index contributed by atoms with van der Waals surface area (Å²) in [4.78, 5) is 16.8. The van der Waals surface area contributed by atoms with Crippen LogP contribution in [0.3, 0.4) is 0 Å². The van der Waals surface area contributed by atoms with Gasteiger partial charge in [-0.25, -0.2) is 13.2 Å². The topological polar surface area (TPSA) is 122 Å². The number of carbonyl (C=O) groups is 1. The second-order valence-corrected chi connectivity index (χ2v) is 8.66. The third kappa shape index (κ3) is 4.70. The lowest BCUT2D eigenvalue weighted by atomic mass is 10.2. The fourth-order valence-corrected chi connectivity index (χ4v) is 4.31. The maximum Gasteiger partial charge on any atom is 0.375 e. The number of benzene rings is 2. The number of methoxy groups -OCH3 is 1. The van der Waals surface area contributed by atoms with Crippen molar-refractivity contribution in [1.82, 2.24) is 10.1 Å². The third-order valence-electron chi connectivity index (χ3n) is 4.50. The number of hydrogen-bond donors (Lipinski definition) is 0. The van der Waals surface area contributed by atoms with Crippen molar-refractivity contribution < 1.29 is 31.6 Å². The highest BCUT2D eigenvalue weighted by molar-refractivity contribution is 7.90. The van der Waals surface area contributed by atoms with E-state index in [9.17, 15) is 13.2 Å². The Morgan fingerprint density at radius 1 is 1.06 bits per heavy atom. The molecule has 4 aromatic rings. The molecule has 0 N–H and O–H groups in total. The van der Waals surface area contributed by atoms with Gasteiger partial charge in [0.1, 0.15) is 5.75 Å². The van der Waals surface area contributed by atoms with Gasteiger partial charge in [-0.2, -0.15) is 4.98 Å². The molecule has 9 nitrogen and oxygen atoms in total. The molecule has 0 fully saturated rings. The van der Waals surface area contributed by atoms with E-state index in [1.54, 1.807) is 49.6 Å². The Morgan fingerprint density at radius 3 is 2.66 bits per heavy atom. The Morgan fingerprint density at radius 2 is 1.88 bits per heavy atom. The van der Waals surface area contributed by atoms with Crippen LogP contribution in [-0.2, 0) is 26.9 Å². The number of furan rings is 1. The number of rotatable bonds is 8. The lowest BCUT2D eigenvalue weighted by Gasteiger charge is -2.05. The molecular formula is C22H18N2O7S. The number of nitrogens with zero attached hydrogens (tertiary/aromatic N) is 2. The van der Waals surface area contributed by atoms with E-state index in [0.717, 1.165) is 0 Å². The van der Waals surface area contributed by atoms with Gasteiger partial charge >= 0.3 is 5.97 Å². The highest BCUT2D eigenvalue weighted by atomic mass is 32.2. The van der Waals surface area contributed by atoms with E-state index in [0.29, 0.717) is 17.1 Å². The number of carbonyl (C=O) groups excluding carboxylic acids is 1. The third-order valence-corrected chi connectivity index (χ3v) is 6.18. The summed E-state index contributed by atoms with van der Waals surface area (Å²) in [5, 5.41) is 3.87. The molecule has 10 heteroatoms. The fraction of sp³-hybridized carbons (Fsp3) is 0.136. The van der Waals surface area contributed by atoms with Gasteiger partial charge in [-0.3, -0.25) is 0 Å². The van der Waals surface area contributed by atoms with Gasteiger partial charge in [0.2, 0.25) is 11.6 Å². The van der Waals surface area contributed by atoms with Crippen LogP contribution in [0.2, 0.25) is 0 Å². The first-order valence-corrected chi connectivity index (χ1v) is 11.1. The minimum absolute atomic E-state index is 0.0705. The molecule has 0 spiro atoms. The van der Waals surface area contributed by atoms with E-state index in [1.165, 1.54) is 24.5 Å². The zero-order valence-corrected chi connectivity index (χ0v) is 17.7. The lowest BCUT2D eigenvalue weighted by Crippen LogP contribution is -2.10. The summed E-state index contributed by atoms with van der Waals surface area (Å²) < 4.78 is 45.8. The molecule has 0 amide bonds. The van der Waals surface area contributed by atoms with Crippen molar-refractivity contribution in [2.24, 2.45) is 0 Å². The van der Waals surface area contributed by atoms with Crippen molar-refractivity contribution in [1.29, 1.82) is 0 Å². The largest absolute Gasteiger partial charge is 0.497 e. The van der Waals surface area contributed by atoms with Crippen LogP contribution in [0.1, 0.15) is 22.0 Å². The van der Waals surface area contributed by atoms with Gasteiger partial charge in [0.15, 0.2) is 16.4 Å². The molecule has 0 saturated heterocycles. The second kappa shape index (κ2) is 9.06. The molecule has 2 heterocycles. The summed E-state index contributed by atoms with van der Waals surface area (Å²) in [6, 6.07) is 16.5. The molecule has 0 aliphatic heterocycles. The molecule has 2 aromatic heterocycles. The molecule has 164 valence electrons. The van der Waals surface area contributed by atoms with Gasteiger partial charge in [-0.05, 0) is 30.3 Å². The molecule has 0 radical (unpaired) electrons. The summed E-state index contributed by atoms with van der Waals surface area (Å²) in [5.74, 6) is -0.426. The highest BCUT2D eigenvalue weighted by Gasteiger charge is 2.24. The van der Waals surface area contributed by atoms with Gasteiger partial charge in [0, 0.05) is 11.1 Å². The smallest absolute Gasteiger partial charge is 0.375 e. The summed E-state index contributed by atoms with van der Waals surface area (Å²) in [6.07, 6.45) is 1.24. The Labute approximate surface area is 183 Å². The molecule has 0 aliphatic carbocycles. The normalized spacial score (nSPS) is 11.3. The van der Waals surface area contributed by atoms with Crippen LogP contribution >= 0.6 is 0 Å². The predicted octanol–water partition coefficient (Wildman–Crippen LogP) is 3.67. The standard InChI is InChI=1S/C22H18N2O7S/c1-28-17-7-5-6-15(12-17)21-23-19(31-24-21)13-30-22(25)20-16(10-11-29-20)14-32(26,27)18-8-3-2-4-9-18/h2-12H,13-14H2,1H3. The maximum atomic E-state index is 12.6. The summed E-state index contributed by atoms with van der Waals surface area (Å²) in [7, 11) is -2.11. The average molecular weight is 454 g/mol. The molecule has 0 atom stereocenters. The van der Waals surface area contributed by atoms with Crippen molar-refractivity contribution in [2.45, 2.75) is 17.3 Å². The summed E-state index contributed by atoms with van der Waals surface area (Å²) >= 11 is 0. The SMILES string of the molecule is COc1cccc(-c2noc(COC(=O)c3occc3CS(=O)(=O)c3ccccc3)n2)c1. The van der Waals surface area contributed by atoms with Crippen molar-refractivity contribution in [3.8, 4) is 17.1 Å². The minimum Gasteiger partial charge on any atom is -0.497 e. The van der Waals surface area contributed by atoms with Gasteiger partial charge in [-0.1, -0.05) is 35.5 Å². The minimum atomic E-state index is -3.66. The molecule has 0 saturated carbocycles. The van der Waals surface area contributed by atoms with Crippen LogP contribution in [-0.4, -0.2) is 31.6 Å². The van der Waals surface area contributed by atoms with Gasteiger partial charge < -0.3 is 18.4 Å². The van der Waals surface area contributed by atoms with E-state index in [4.69, 9.17) is 18.4 Å². The van der Waals surface area contributed by atoms with E-state index < -0.39 is 21.6 Å². The Bertz CT molecular complexity index is 1330. The molecule has 0 unspecified atom stereocenters. The van der Waals surface area contributed by atoms with Crippen LogP contribution in [0, 0.1) is 0 Å². The Hall–Kier alpha value is -3.92. The quantitative estimate of drug-likeness (QED) is 0.367. The molecule has 0 aliphatic rings.